The number of nitrogens with one attached hydrogen (secondary N) is 2. The van der Waals surface area contributed by atoms with Gasteiger partial charge in [-0.3, -0.25) is 15.1 Å². The number of aliphatic imine (C=N–C) groups is 1. The highest BCUT2D eigenvalue weighted by atomic mass is 16.7. The summed E-state index contributed by atoms with van der Waals surface area (Å²) >= 11 is 0. The number of rotatable bonds is 11. The van der Waals surface area contributed by atoms with Gasteiger partial charge in [0.15, 0.2) is 0 Å². The van der Waals surface area contributed by atoms with Crippen molar-refractivity contribution in [3.63, 3.8) is 0 Å². The minimum atomic E-state index is -0.924. The highest BCUT2D eigenvalue weighted by Crippen LogP contribution is 2.42. The molecular formula is C34H69N7O4. The molecule has 2 fully saturated rings. The van der Waals surface area contributed by atoms with E-state index in [4.69, 9.17) is 14.7 Å². The largest absolute Gasteiger partial charge is 0.388 e. The smallest absolute Gasteiger partial charge is 0.221 e. The third kappa shape index (κ3) is 10.8. The minimum absolute atomic E-state index is 0.109. The summed E-state index contributed by atoms with van der Waals surface area (Å²) in [6.45, 7) is 27.9. The fourth-order valence-corrected chi connectivity index (χ4v) is 7.50. The van der Waals surface area contributed by atoms with Crippen molar-refractivity contribution in [2.75, 3.05) is 33.9 Å². The lowest BCUT2D eigenvalue weighted by Gasteiger charge is -2.56. The van der Waals surface area contributed by atoms with Gasteiger partial charge in [-0.2, -0.15) is 15.1 Å². The van der Waals surface area contributed by atoms with Crippen LogP contribution in [0.15, 0.2) is 4.99 Å². The molecule has 0 aliphatic carbocycles. The molecule has 0 radical (unpaired) electrons. The van der Waals surface area contributed by atoms with E-state index < -0.39 is 11.2 Å². The quantitative estimate of drug-likeness (QED) is 0.183. The molecule has 0 aromatic carbocycles. The first kappa shape index (κ1) is 39.7. The Morgan fingerprint density at radius 2 is 1.20 bits per heavy atom. The van der Waals surface area contributed by atoms with Crippen LogP contribution in [0.5, 0.6) is 0 Å². The van der Waals surface area contributed by atoms with Gasteiger partial charge in [0.1, 0.15) is 0 Å². The lowest BCUT2D eigenvalue weighted by Crippen LogP contribution is -2.65. The van der Waals surface area contributed by atoms with Gasteiger partial charge in [0.2, 0.25) is 11.9 Å². The number of piperidine rings is 2. The Kier molecular flexibility index (Phi) is 12.6. The Morgan fingerprint density at radius 1 is 0.822 bits per heavy atom. The lowest BCUT2D eigenvalue weighted by molar-refractivity contribution is -0.301. The molecule has 2 heterocycles. The van der Waals surface area contributed by atoms with E-state index in [0.29, 0.717) is 5.96 Å². The Balaban J connectivity index is 2.32. The third-order valence-corrected chi connectivity index (χ3v) is 9.02. The van der Waals surface area contributed by atoms with E-state index in [2.05, 4.69) is 94.6 Å². The Morgan fingerprint density at radius 3 is 1.53 bits per heavy atom. The zero-order chi connectivity index (χ0) is 34.8. The van der Waals surface area contributed by atoms with Crippen LogP contribution in [0.1, 0.15) is 129 Å². The molecule has 0 aromatic heterocycles. The lowest BCUT2D eigenvalue weighted by atomic mass is 9.78. The zero-order valence-corrected chi connectivity index (χ0v) is 31.5. The van der Waals surface area contributed by atoms with Crippen molar-refractivity contribution in [2.45, 2.75) is 174 Å². The topological polar surface area (TPSA) is 120 Å². The van der Waals surface area contributed by atoms with Crippen LogP contribution in [0.25, 0.3) is 0 Å². The van der Waals surface area contributed by atoms with Crippen molar-refractivity contribution in [2.24, 2.45) is 4.99 Å². The van der Waals surface area contributed by atoms with Crippen molar-refractivity contribution < 1.29 is 19.9 Å². The highest BCUT2D eigenvalue weighted by molar-refractivity contribution is 5.93. The summed E-state index contributed by atoms with van der Waals surface area (Å²) in [5.41, 5.74) is -3.04. The molecule has 0 unspecified atom stereocenters. The standard InChI is InChI=1S/C34H69N7O4/c1-16-17-18-39(26-21-31(6,7)41(32(8,9)22-26)45-24-34(12,13)43)27(35)37-28(36-14)38(15)25-19-29(2,3)40(30(4,5)20-25)44-23-33(10,11)42/h25-26,42-43H,16-24H2,1-15H3,(H2,35,36,37). The van der Waals surface area contributed by atoms with Crippen molar-refractivity contribution in [3.05, 3.63) is 0 Å². The van der Waals surface area contributed by atoms with Gasteiger partial charge in [-0.1, -0.05) is 13.3 Å². The minimum Gasteiger partial charge on any atom is -0.388 e. The molecule has 4 N–H and O–H groups in total. The normalized spacial score (nSPS) is 23.2. The van der Waals surface area contributed by atoms with Gasteiger partial charge in [-0.15, -0.1) is 0 Å². The van der Waals surface area contributed by atoms with Crippen LogP contribution < -0.4 is 5.32 Å². The predicted molar refractivity (Wildman–Crippen MR) is 184 cm³/mol. The van der Waals surface area contributed by atoms with E-state index in [1.54, 1.807) is 27.7 Å². The van der Waals surface area contributed by atoms with Gasteiger partial charge in [0.05, 0.1) is 24.4 Å². The molecule has 11 nitrogen and oxygen atoms in total. The molecule has 0 aromatic rings. The molecule has 0 saturated carbocycles. The number of aliphatic hydroxyl groups is 2. The zero-order valence-electron chi connectivity index (χ0n) is 31.5. The summed E-state index contributed by atoms with van der Waals surface area (Å²) in [6.07, 6.45) is 5.28. The number of hydrogen-bond acceptors (Lipinski definition) is 7. The van der Waals surface area contributed by atoms with Crippen LogP contribution in [0.4, 0.5) is 0 Å². The van der Waals surface area contributed by atoms with E-state index >= 15 is 0 Å². The maximum Gasteiger partial charge on any atom is 0.221 e. The Hall–Kier alpha value is -1.50. The number of nitrogens with zero attached hydrogens (tertiary/aromatic N) is 5. The van der Waals surface area contributed by atoms with Crippen LogP contribution in [0.3, 0.4) is 0 Å². The maximum atomic E-state index is 10.3. The second-order valence-corrected chi connectivity index (χ2v) is 17.3. The average molecular weight is 640 g/mol. The summed E-state index contributed by atoms with van der Waals surface area (Å²) in [5, 5.41) is 37.4. The van der Waals surface area contributed by atoms with E-state index in [9.17, 15) is 15.6 Å². The Labute approximate surface area is 275 Å². The SMILES string of the molecule is CCCCN(C(=N)/N=C(\NC)N(C)C1CC(C)(C)N(OCC(C)(C)O)C(C)(C)C1)C1CC(C)(C)N(OCC(C)(C)O)C(C)(C)C1. The number of guanidine groups is 2. The first-order chi connectivity index (χ1) is 20.3. The molecule has 264 valence electrons. The monoisotopic (exact) mass is 640 g/mol. The molecule has 0 spiro atoms. The molecule has 11 heteroatoms. The molecule has 45 heavy (non-hydrogen) atoms. The second kappa shape index (κ2) is 14.3. The van der Waals surface area contributed by atoms with Crippen LogP contribution >= 0.6 is 0 Å². The van der Waals surface area contributed by atoms with E-state index in [-0.39, 0.29) is 53.4 Å². The van der Waals surface area contributed by atoms with Crippen LogP contribution in [-0.4, -0.2) is 121 Å². The molecule has 0 bridgehead atoms. The number of unbranched alkanes of at least 4 members (excludes halogenated alkanes) is 1. The van der Waals surface area contributed by atoms with Gasteiger partial charge in [-0.25, -0.2) is 0 Å². The van der Waals surface area contributed by atoms with Gasteiger partial charge in [0.25, 0.3) is 0 Å². The molecule has 2 rings (SSSR count). The molecule has 2 saturated heterocycles. The van der Waals surface area contributed by atoms with Gasteiger partial charge in [0, 0.05) is 54.9 Å². The molecule has 2 aliphatic rings. The molecular weight excluding hydrogens is 570 g/mol. The predicted octanol–water partition coefficient (Wildman–Crippen LogP) is 4.98. The van der Waals surface area contributed by atoms with E-state index in [1.807, 2.05) is 7.05 Å². The fourth-order valence-electron chi connectivity index (χ4n) is 7.50. The summed E-state index contributed by atoms with van der Waals surface area (Å²) in [6, 6.07) is 0.270. The van der Waals surface area contributed by atoms with Gasteiger partial charge >= 0.3 is 0 Å². The molecule has 0 atom stereocenters. The van der Waals surface area contributed by atoms with Crippen molar-refractivity contribution >= 4 is 11.9 Å². The van der Waals surface area contributed by atoms with Crippen LogP contribution in [0.2, 0.25) is 0 Å². The first-order valence-corrected chi connectivity index (χ1v) is 16.9. The van der Waals surface area contributed by atoms with Gasteiger partial charge < -0.3 is 25.3 Å². The Bertz CT molecular complexity index is 977. The van der Waals surface area contributed by atoms with Crippen molar-refractivity contribution in [3.8, 4) is 0 Å². The summed E-state index contributed by atoms with van der Waals surface area (Å²) in [4.78, 5) is 21.8. The summed E-state index contributed by atoms with van der Waals surface area (Å²) in [5.74, 6) is 0.944. The number of hydroxylamine groups is 4. The molecule has 2 aliphatic heterocycles. The fraction of sp³-hybridized carbons (Fsp3) is 0.941. The summed E-state index contributed by atoms with van der Waals surface area (Å²) < 4.78 is 0. The third-order valence-electron chi connectivity index (χ3n) is 9.02. The van der Waals surface area contributed by atoms with Crippen molar-refractivity contribution in [1.82, 2.24) is 25.2 Å². The molecule has 0 amide bonds. The van der Waals surface area contributed by atoms with Crippen LogP contribution in [0, 0.1) is 5.41 Å². The van der Waals surface area contributed by atoms with Crippen LogP contribution in [-0.2, 0) is 9.68 Å². The maximum absolute atomic E-state index is 10.3. The average Bonchev–Trinajstić information content (AvgIpc) is 2.82. The second-order valence-electron chi connectivity index (χ2n) is 17.3. The first-order valence-electron chi connectivity index (χ1n) is 16.9. The highest BCUT2D eigenvalue weighted by Gasteiger charge is 2.50. The number of hydrogen-bond donors (Lipinski definition) is 4. The summed E-state index contributed by atoms with van der Waals surface area (Å²) in [7, 11) is 3.94. The van der Waals surface area contributed by atoms with E-state index in [1.165, 1.54) is 0 Å². The van der Waals surface area contributed by atoms with Gasteiger partial charge in [-0.05, 0) is 115 Å². The van der Waals surface area contributed by atoms with E-state index in [0.717, 1.165) is 45.1 Å². The van der Waals surface area contributed by atoms with Crippen molar-refractivity contribution in [1.29, 1.82) is 5.41 Å².